The number of benzene rings is 3. The zero-order chi connectivity index (χ0) is 26.3. The van der Waals surface area contributed by atoms with E-state index in [9.17, 15) is 14.7 Å². The van der Waals surface area contributed by atoms with Crippen molar-refractivity contribution in [2.24, 2.45) is 0 Å². The van der Waals surface area contributed by atoms with E-state index in [1.165, 1.54) is 11.0 Å². The highest BCUT2D eigenvalue weighted by Gasteiger charge is 2.42. The molecule has 1 aliphatic rings. The number of carbonyl (C=O) groups is 2. The number of aliphatic hydroxyl groups excluding tert-OH is 1. The van der Waals surface area contributed by atoms with Gasteiger partial charge in [0.2, 0.25) is 0 Å². The molecule has 1 amide bonds. The van der Waals surface area contributed by atoms with Crippen molar-refractivity contribution in [3.05, 3.63) is 149 Å². The van der Waals surface area contributed by atoms with Gasteiger partial charge in [0.15, 0.2) is 11.5 Å². The van der Waals surface area contributed by atoms with Crippen molar-refractivity contribution in [1.29, 1.82) is 0 Å². The average Bonchev–Trinajstić information content (AvgIpc) is 3.22. The van der Waals surface area contributed by atoms with Gasteiger partial charge in [0.25, 0.3) is 5.91 Å². The summed E-state index contributed by atoms with van der Waals surface area (Å²) in [6, 6.07) is 29.4. The van der Waals surface area contributed by atoms with Gasteiger partial charge in [-0.2, -0.15) is 0 Å². The molecule has 188 valence electrons. The Morgan fingerprint density at radius 1 is 0.895 bits per heavy atom. The summed E-state index contributed by atoms with van der Waals surface area (Å²) >= 11 is 0. The topological polar surface area (TPSA) is 79.7 Å². The Kier molecular flexibility index (Phi) is 7.41. The van der Waals surface area contributed by atoms with Gasteiger partial charge in [-0.1, -0.05) is 84.9 Å². The van der Waals surface area contributed by atoms with E-state index in [1.807, 2.05) is 91.0 Å². The molecule has 1 unspecified atom stereocenters. The minimum Gasteiger partial charge on any atom is -0.503 e. The zero-order valence-electron chi connectivity index (χ0n) is 20.6. The first-order valence-electron chi connectivity index (χ1n) is 12.3. The molecule has 3 aromatic carbocycles. The molecule has 1 aromatic heterocycles. The number of hydrogen-bond donors (Lipinski definition) is 1. The Hall–Kier alpha value is -4.97. The molecule has 1 N–H and O–H groups in total. The van der Waals surface area contributed by atoms with E-state index in [1.54, 1.807) is 24.5 Å². The molecule has 1 atom stereocenters. The van der Waals surface area contributed by atoms with Crippen LogP contribution in [0.2, 0.25) is 0 Å². The van der Waals surface area contributed by atoms with Gasteiger partial charge in [0, 0.05) is 18.9 Å². The van der Waals surface area contributed by atoms with Crippen molar-refractivity contribution in [2.75, 3.05) is 0 Å². The first-order chi connectivity index (χ1) is 18.6. The van der Waals surface area contributed by atoms with Crippen LogP contribution in [0.5, 0.6) is 5.75 Å². The van der Waals surface area contributed by atoms with E-state index in [2.05, 4.69) is 4.98 Å². The molecule has 4 aromatic rings. The van der Waals surface area contributed by atoms with Gasteiger partial charge in [0.1, 0.15) is 12.4 Å². The summed E-state index contributed by atoms with van der Waals surface area (Å²) in [5, 5.41) is 10.9. The number of allylic oxidation sites excluding steroid dienone is 1. The summed E-state index contributed by atoms with van der Waals surface area (Å²) in [7, 11) is 0. The van der Waals surface area contributed by atoms with E-state index in [4.69, 9.17) is 4.74 Å². The van der Waals surface area contributed by atoms with Gasteiger partial charge in [-0.15, -0.1) is 0 Å². The monoisotopic (exact) mass is 502 g/mol. The highest BCUT2D eigenvalue weighted by Crippen LogP contribution is 2.39. The number of aliphatic hydroxyl groups is 1. The maximum atomic E-state index is 13.4. The molecule has 0 radical (unpaired) electrons. The highest BCUT2D eigenvalue weighted by atomic mass is 16.5. The van der Waals surface area contributed by atoms with Gasteiger partial charge in [0.05, 0.1) is 11.6 Å². The average molecular weight is 503 g/mol. The first-order valence-corrected chi connectivity index (χ1v) is 12.3. The Balaban J connectivity index is 1.44. The fourth-order valence-corrected chi connectivity index (χ4v) is 4.42. The summed E-state index contributed by atoms with van der Waals surface area (Å²) in [6.07, 6.45) is 6.39. The van der Waals surface area contributed by atoms with Crippen LogP contribution in [0, 0.1) is 0 Å². The number of carbonyl (C=O) groups excluding carboxylic acids is 2. The number of rotatable bonds is 9. The molecule has 6 heteroatoms. The number of aromatic nitrogens is 1. The number of nitrogens with zero attached hydrogens (tertiary/aromatic N) is 2. The third-order valence-electron chi connectivity index (χ3n) is 6.32. The predicted molar refractivity (Wildman–Crippen MR) is 145 cm³/mol. The molecule has 0 spiro atoms. The van der Waals surface area contributed by atoms with Gasteiger partial charge in [-0.25, -0.2) is 0 Å². The second-order valence-corrected chi connectivity index (χ2v) is 8.91. The second kappa shape index (κ2) is 11.4. The van der Waals surface area contributed by atoms with Crippen LogP contribution >= 0.6 is 0 Å². The van der Waals surface area contributed by atoms with Crippen molar-refractivity contribution in [2.45, 2.75) is 19.2 Å². The lowest BCUT2D eigenvalue weighted by atomic mass is 9.95. The smallest absolute Gasteiger partial charge is 0.290 e. The quantitative estimate of drug-likeness (QED) is 0.291. The third-order valence-corrected chi connectivity index (χ3v) is 6.32. The lowest BCUT2D eigenvalue weighted by Crippen LogP contribution is -2.30. The summed E-state index contributed by atoms with van der Waals surface area (Å²) in [6.45, 7) is 0.608. The van der Waals surface area contributed by atoms with Crippen molar-refractivity contribution in [1.82, 2.24) is 9.88 Å². The fourth-order valence-electron chi connectivity index (χ4n) is 4.42. The normalized spacial score (nSPS) is 15.3. The van der Waals surface area contributed by atoms with E-state index in [0.717, 1.165) is 16.7 Å². The molecule has 5 rings (SSSR count). The lowest BCUT2D eigenvalue weighted by molar-refractivity contribution is -0.130. The van der Waals surface area contributed by atoms with E-state index < -0.39 is 23.5 Å². The number of ketones is 1. The first kappa shape index (κ1) is 24.7. The largest absolute Gasteiger partial charge is 0.503 e. The molecule has 0 saturated heterocycles. The molecule has 6 nitrogen and oxygen atoms in total. The lowest BCUT2D eigenvalue weighted by Gasteiger charge is -2.26. The molecule has 2 heterocycles. The minimum absolute atomic E-state index is 0.0454. The standard InChI is InChI=1S/C32H26N2O4/c35-28(18-13-23-8-3-1-4-9-23)29-30(34(32(37)31(29)36)21-25-12-7-19-33-20-25)26-14-16-27(17-15-26)38-22-24-10-5-2-6-11-24/h1-20,30,36H,21-22H2/b18-13+. The molecule has 0 bridgehead atoms. The van der Waals surface area contributed by atoms with E-state index in [-0.39, 0.29) is 12.1 Å². The van der Waals surface area contributed by atoms with Crippen molar-refractivity contribution >= 4 is 17.8 Å². The minimum atomic E-state index is -0.765. The third kappa shape index (κ3) is 5.55. The van der Waals surface area contributed by atoms with Crippen molar-refractivity contribution in [3.63, 3.8) is 0 Å². The van der Waals surface area contributed by atoms with Crippen molar-refractivity contribution in [3.8, 4) is 5.75 Å². The fraction of sp³-hybridized carbons (Fsp3) is 0.0938. The molecule has 0 fully saturated rings. The van der Waals surface area contributed by atoms with Crippen LogP contribution in [0.15, 0.2) is 127 Å². The Bertz CT molecular complexity index is 1460. The molecular formula is C32H26N2O4. The number of hydrogen-bond acceptors (Lipinski definition) is 5. The van der Waals surface area contributed by atoms with Crippen LogP contribution in [-0.2, 0) is 22.7 Å². The van der Waals surface area contributed by atoms with Crippen LogP contribution in [0.25, 0.3) is 6.08 Å². The SMILES string of the molecule is O=C(/C=C/c1ccccc1)C1=C(O)C(=O)N(Cc2cccnc2)C1c1ccc(OCc2ccccc2)cc1. The molecule has 1 aliphatic heterocycles. The van der Waals surface area contributed by atoms with E-state index in [0.29, 0.717) is 17.9 Å². The number of ether oxygens (including phenoxy) is 1. The van der Waals surface area contributed by atoms with Gasteiger partial charge < -0.3 is 14.7 Å². The van der Waals surface area contributed by atoms with Crippen LogP contribution in [0.3, 0.4) is 0 Å². The van der Waals surface area contributed by atoms with Gasteiger partial charge >= 0.3 is 0 Å². The Labute approximate surface area is 221 Å². The summed E-state index contributed by atoms with van der Waals surface area (Å²) in [5.74, 6) is -0.903. The van der Waals surface area contributed by atoms with Crippen molar-refractivity contribution < 1.29 is 19.4 Å². The highest BCUT2D eigenvalue weighted by molar-refractivity contribution is 6.14. The van der Waals surface area contributed by atoms with Gasteiger partial charge in [-0.3, -0.25) is 14.6 Å². The van der Waals surface area contributed by atoms with E-state index >= 15 is 0 Å². The zero-order valence-corrected chi connectivity index (χ0v) is 20.6. The molecule has 0 saturated carbocycles. The second-order valence-electron chi connectivity index (χ2n) is 8.91. The molecular weight excluding hydrogens is 476 g/mol. The van der Waals surface area contributed by atoms with Gasteiger partial charge in [-0.05, 0) is 46.5 Å². The molecule has 0 aliphatic carbocycles. The van der Waals surface area contributed by atoms with Crippen LogP contribution in [0.1, 0.15) is 28.3 Å². The summed E-state index contributed by atoms with van der Waals surface area (Å²) in [5.41, 5.74) is 3.41. The summed E-state index contributed by atoms with van der Waals surface area (Å²) < 4.78 is 5.91. The summed E-state index contributed by atoms with van der Waals surface area (Å²) in [4.78, 5) is 32.2. The van der Waals surface area contributed by atoms with Crippen LogP contribution < -0.4 is 4.74 Å². The number of amides is 1. The maximum absolute atomic E-state index is 13.4. The number of pyridine rings is 1. The van der Waals surface area contributed by atoms with Crippen LogP contribution in [0.4, 0.5) is 0 Å². The molecule has 38 heavy (non-hydrogen) atoms. The Morgan fingerprint density at radius 3 is 2.26 bits per heavy atom. The predicted octanol–water partition coefficient (Wildman–Crippen LogP) is 5.84. The Morgan fingerprint density at radius 2 is 1.58 bits per heavy atom. The van der Waals surface area contributed by atoms with Crippen LogP contribution in [-0.4, -0.2) is 26.7 Å². The maximum Gasteiger partial charge on any atom is 0.290 e.